The molecule has 0 saturated carbocycles. The SMILES string of the molecule is CC(C)c1cccc(C(C)C)c1NC(=O)c1cncc(N2CCCCC2)c1. The molecule has 0 unspecified atom stereocenters. The summed E-state index contributed by atoms with van der Waals surface area (Å²) in [6.07, 6.45) is 7.22. The fraction of sp³-hybridized carbons (Fsp3) is 0.478. The van der Waals surface area contributed by atoms with Crippen LogP contribution in [0.5, 0.6) is 0 Å². The summed E-state index contributed by atoms with van der Waals surface area (Å²) in [5.74, 6) is 0.602. The highest BCUT2D eigenvalue weighted by atomic mass is 16.1. The predicted octanol–water partition coefficient (Wildman–Crippen LogP) is 5.57. The molecular weight excluding hydrogens is 334 g/mol. The van der Waals surface area contributed by atoms with E-state index in [1.807, 2.05) is 12.3 Å². The van der Waals surface area contributed by atoms with Gasteiger partial charge in [-0.1, -0.05) is 45.9 Å². The van der Waals surface area contributed by atoms with E-state index in [0.29, 0.717) is 17.4 Å². The maximum atomic E-state index is 13.0. The second kappa shape index (κ2) is 8.55. The van der Waals surface area contributed by atoms with Crippen LogP contribution in [0.3, 0.4) is 0 Å². The molecule has 0 atom stereocenters. The number of benzene rings is 1. The Morgan fingerprint density at radius 2 is 1.63 bits per heavy atom. The number of piperidine rings is 1. The second-order valence-corrected chi connectivity index (χ2v) is 8.05. The molecule has 1 aromatic heterocycles. The zero-order valence-corrected chi connectivity index (χ0v) is 17.0. The number of rotatable bonds is 5. The molecule has 1 N–H and O–H groups in total. The standard InChI is InChI=1S/C23H31N3O/c1-16(2)20-9-8-10-21(17(3)4)22(20)25-23(27)18-13-19(15-24-14-18)26-11-6-5-7-12-26/h8-10,13-17H,5-7,11-12H2,1-4H3,(H,25,27). The molecule has 3 rings (SSSR count). The Bertz CT molecular complexity index is 766. The summed E-state index contributed by atoms with van der Waals surface area (Å²) in [5.41, 5.74) is 4.97. The normalized spacial score (nSPS) is 14.7. The Kier molecular flexibility index (Phi) is 6.15. The highest BCUT2D eigenvalue weighted by Gasteiger charge is 2.18. The molecule has 27 heavy (non-hydrogen) atoms. The summed E-state index contributed by atoms with van der Waals surface area (Å²) in [5, 5.41) is 3.19. The number of hydrogen-bond donors (Lipinski definition) is 1. The van der Waals surface area contributed by atoms with E-state index in [1.165, 1.54) is 30.4 Å². The molecule has 1 aromatic carbocycles. The van der Waals surface area contributed by atoms with Crippen molar-refractivity contribution in [2.75, 3.05) is 23.3 Å². The van der Waals surface area contributed by atoms with Crippen LogP contribution < -0.4 is 10.2 Å². The number of pyridine rings is 1. The zero-order valence-electron chi connectivity index (χ0n) is 17.0. The number of hydrogen-bond acceptors (Lipinski definition) is 3. The molecule has 144 valence electrons. The molecule has 1 aliphatic heterocycles. The number of nitrogens with zero attached hydrogens (tertiary/aromatic N) is 2. The van der Waals surface area contributed by atoms with Gasteiger partial charge in [-0.2, -0.15) is 0 Å². The summed E-state index contributed by atoms with van der Waals surface area (Å²) < 4.78 is 0. The van der Waals surface area contributed by atoms with E-state index in [2.05, 4.69) is 61.1 Å². The van der Waals surface area contributed by atoms with Crippen molar-refractivity contribution in [3.8, 4) is 0 Å². The topological polar surface area (TPSA) is 45.2 Å². The third-order valence-corrected chi connectivity index (χ3v) is 5.32. The monoisotopic (exact) mass is 365 g/mol. The van der Waals surface area contributed by atoms with Gasteiger partial charge in [0.15, 0.2) is 0 Å². The van der Waals surface area contributed by atoms with Gasteiger partial charge in [0.25, 0.3) is 5.91 Å². The Hall–Kier alpha value is -2.36. The number of carbonyl (C=O) groups is 1. The highest BCUT2D eigenvalue weighted by molar-refractivity contribution is 6.05. The molecular formula is C23H31N3O. The zero-order chi connectivity index (χ0) is 19.4. The smallest absolute Gasteiger partial charge is 0.257 e. The molecule has 1 amide bonds. The van der Waals surface area contributed by atoms with Gasteiger partial charge in [-0.05, 0) is 48.3 Å². The molecule has 1 fully saturated rings. The van der Waals surface area contributed by atoms with E-state index in [9.17, 15) is 4.79 Å². The molecule has 0 aliphatic carbocycles. The third-order valence-electron chi connectivity index (χ3n) is 5.32. The van der Waals surface area contributed by atoms with E-state index in [0.717, 1.165) is 24.5 Å². The van der Waals surface area contributed by atoms with E-state index < -0.39 is 0 Å². The number of carbonyl (C=O) groups excluding carboxylic acids is 1. The van der Waals surface area contributed by atoms with E-state index in [4.69, 9.17) is 0 Å². The van der Waals surface area contributed by atoms with Crippen LogP contribution in [-0.4, -0.2) is 24.0 Å². The van der Waals surface area contributed by atoms with Crippen molar-refractivity contribution in [3.63, 3.8) is 0 Å². The first kappa shape index (κ1) is 19.4. The third kappa shape index (κ3) is 4.49. The summed E-state index contributed by atoms with van der Waals surface area (Å²) in [6.45, 7) is 10.7. The van der Waals surface area contributed by atoms with Gasteiger partial charge in [0, 0.05) is 25.0 Å². The number of nitrogens with one attached hydrogen (secondary N) is 1. The van der Waals surface area contributed by atoms with Crippen LogP contribution >= 0.6 is 0 Å². The van der Waals surface area contributed by atoms with Crippen LogP contribution in [0, 0.1) is 0 Å². The summed E-state index contributed by atoms with van der Waals surface area (Å²) >= 11 is 0. The van der Waals surface area contributed by atoms with Crippen molar-refractivity contribution in [1.82, 2.24) is 4.98 Å². The van der Waals surface area contributed by atoms with Crippen molar-refractivity contribution in [2.24, 2.45) is 0 Å². The van der Waals surface area contributed by atoms with Crippen molar-refractivity contribution in [1.29, 1.82) is 0 Å². The lowest BCUT2D eigenvalue weighted by Gasteiger charge is -2.28. The lowest BCUT2D eigenvalue weighted by atomic mass is 9.92. The second-order valence-electron chi connectivity index (χ2n) is 8.05. The van der Waals surface area contributed by atoms with E-state index >= 15 is 0 Å². The average Bonchev–Trinajstić information content (AvgIpc) is 2.68. The highest BCUT2D eigenvalue weighted by Crippen LogP contribution is 2.33. The predicted molar refractivity (Wildman–Crippen MR) is 113 cm³/mol. The van der Waals surface area contributed by atoms with Crippen LogP contribution in [0.4, 0.5) is 11.4 Å². The maximum Gasteiger partial charge on any atom is 0.257 e. The lowest BCUT2D eigenvalue weighted by Crippen LogP contribution is -2.29. The van der Waals surface area contributed by atoms with Gasteiger partial charge in [-0.15, -0.1) is 0 Å². The van der Waals surface area contributed by atoms with Gasteiger partial charge in [-0.25, -0.2) is 0 Å². The van der Waals surface area contributed by atoms with Gasteiger partial charge in [0.1, 0.15) is 0 Å². The van der Waals surface area contributed by atoms with Crippen LogP contribution in [-0.2, 0) is 0 Å². The minimum atomic E-state index is -0.0867. The van der Waals surface area contributed by atoms with E-state index in [-0.39, 0.29) is 5.91 Å². The summed E-state index contributed by atoms with van der Waals surface area (Å²) in [4.78, 5) is 19.7. The average molecular weight is 366 g/mol. The quantitative estimate of drug-likeness (QED) is 0.753. The Morgan fingerprint density at radius 3 is 2.22 bits per heavy atom. The molecule has 1 aliphatic rings. The first-order valence-corrected chi connectivity index (χ1v) is 10.1. The van der Waals surface area contributed by atoms with Gasteiger partial charge in [-0.3, -0.25) is 9.78 Å². The maximum absolute atomic E-state index is 13.0. The first-order valence-electron chi connectivity index (χ1n) is 10.1. The number of anilines is 2. The molecule has 0 spiro atoms. The molecule has 4 heteroatoms. The lowest BCUT2D eigenvalue weighted by molar-refractivity contribution is 0.102. The molecule has 0 bridgehead atoms. The Morgan fingerprint density at radius 1 is 1.00 bits per heavy atom. The number of para-hydroxylation sites is 1. The van der Waals surface area contributed by atoms with Crippen LogP contribution in [0.15, 0.2) is 36.7 Å². The number of aromatic nitrogens is 1. The Balaban J connectivity index is 1.88. The van der Waals surface area contributed by atoms with Gasteiger partial charge >= 0.3 is 0 Å². The summed E-state index contributed by atoms with van der Waals surface area (Å²) in [6, 6.07) is 8.27. The van der Waals surface area contributed by atoms with Gasteiger partial charge in [0.2, 0.25) is 0 Å². The molecule has 0 radical (unpaired) electrons. The molecule has 2 heterocycles. The van der Waals surface area contributed by atoms with Crippen molar-refractivity contribution >= 4 is 17.3 Å². The fourth-order valence-electron chi connectivity index (χ4n) is 3.76. The molecule has 4 nitrogen and oxygen atoms in total. The van der Waals surface area contributed by atoms with Crippen LogP contribution in [0.2, 0.25) is 0 Å². The van der Waals surface area contributed by atoms with E-state index in [1.54, 1.807) is 6.20 Å². The van der Waals surface area contributed by atoms with Crippen LogP contribution in [0.1, 0.15) is 80.3 Å². The number of amides is 1. The van der Waals surface area contributed by atoms with Crippen molar-refractivity contribution < 1.29 is 4.79 Å². The van der Waals surface area contributed by atoms with Gasteiger partial charge in [0.05, 0.1) is 17.4 Å². The molecule has 1 saturated heterocycles. The molecule has 2 aromatic rings. The first-order chi connectivity index (χ1) is 13.0. The summed E-state index contributed by atoms with van der Waals surface area (Å²) in [7, 11) is 0. The van der Waals surface area contributed by atoms with Crippen molar-refractivity contribution in [2.45, 2.75) is 58.8 Å². The Labute approximate surface area is 163 Å². The van der Waals surface area contributed by atoms with Crippen molar-refractivity contribution in [3.05, 3.63) is 53.3 Å². The fourth-order valence-corrected chi connectivity index (χ4v) is 3.76. The van der Waals surface area contributed by atoms with Crippen LogP contribution in [0.25, 0.3) is 0 Å². The minimum absolute atomic E-state index is 0.0867. The largest absolute Gasteiger partial charge is 0.370 e. The van der Waals surface area contributed by atoms with Gasteiger partial charge < -0.3 is 10.2 Å². The minimum Gasteiger partial charge on any atom is -0.370 e.